The zero-order chi connectivity index (χ0) is 13.8. The standard InChI is InChI=1S/C14H22N4O2/c1-19-10-12-9-18(13-16-5-2-6-17-13)11-14(20-12)3-7-15-8-4-14/h2,5-6,12,15H,3-4,7-11H2,1H3. The molecule has 1 unspecified atom stereocenters. The molecular formula is C14H22N4O2. The number of aromatic nitrogens is 2. The molecule has 2 fully saturated rings. The molecule has 0 amide bonds. The number of ether oxygens (including phenoxy) is 2. The minimum Gasteiger partial charge on any atom is -0.382 e. The molecule has 2 saturated heterocycles. The average molecular weight is 278 g/mol. The van der Waals surface area contributed by atoms with Gasteiger partial charge >= 0.3 is 0 Å². The summed E-state index contributed by atoms with van der Waals surface area (Å²) in [4.78, 5) is 11.0. The molecule has 1 N–H and O–H groups in total. The van der Waals surface area contributed by atoms with E-state index in [0.717, 1.165) is 45.0 Å². The van der Waals surface area contributed by atoms with Crippen LogP contribution in [0.15, 0.2) is 18.5 Å². The number of hydrogen-bond donors (Lipinski definition) is 1. The van der Waals surface area contributed by atoms with E-state index >= 15 is 0 Å². The maximum absolute atomic E-state index is 6.34. The van der Waals surface area contributed by atoms with Gasteiger partial charge in [-0.25, -0.2) is 9.97 Å². The summed E-state index contributed by atoms with van der Waals surface area (Å²) in [5, 5.41) is 3.40. The smallest absolute Gasteiger partial charge is 0.225 e. The molecule has 110 valence electrons. The van der Waals surface area contributed by atoms with E-state index in [0.29, 0.717) is 6.61 Å². The highest BCUT2D eigenvalue weighted by molar-refractivity contribution is 5.31. The van der Waals surface area contributed by atoms with Gasteiger partial charge in [0.2, 0.25) is 5.95 Å². The maximum Gasteiger partial charge on any atom is 0.225 e. The molecule has 0 bridgehead atoms. The van der Waals surface area contributed by atoms with Gasteiger partial charge in [0.05, 0.1) is 24.9 Å². The van der Waals surface area contributed by atoms with Crippen LogP contribution in [0, 0.1) is 0 Å². The molecule has 0 aromatic carbocycles. The van der Waals surface area contributed by atoms with E-state index in [4.69, 9.17) is 9.47 Å². The third-order valence-electron chi connectivity index (χ3n) is 4.02. The molecule has 6 heteroatoms. The molecule has 6 nitrogen and oxygen atoms in total. The molecule has 1 aromatic heterocycles. The highest BCUT2D eigenvalue weighted by Crippen LogP contribution is 2.31. The summed E-state index contributed by atoms with van der Waals surface area (Å²) in [6, 6.07) is 1.84. The Balaban J connectivity index is 1.79. The van der Waals surface area contributed by atoms with Crippen LogP contribution in [0.3, 0.4) is 0 Å². The van der Waals surface area contributed by atoms with Crippen LogP contribution in [0.5, 0.6) is 0 Å². The van der Waals surface area contributed by atoms with Crippen molar-refractivity contribution >= 4 is 5.95 Å². The molecule has 0 aliphatic carbocycles. The largest absolute Gasteiger partial charge is 0.382 e. The van der Waals surface area contributed by atoms with Crippen LogP contribution in [-0.4, -0.2) is 61.6 Å². The fourth-order valence-corrected chi connectivity index (χ4v) is 3.12. The van der Waals surface area contributed by atoms with Crippen molar-refractivity contribution in [3.8, 4) is 0 Å². The number of hydrogen-bond acceptors (Lipinski definition) is 6. The van der Waals surface area contributed by atoms with Crippen molar-refractivity contribution in [1.29, 1.82) is 0 Å². The van der Waals surface area contributed by atoms with Crippen LogP contribution in [0.2, 0.25) is 0 Å². The van der Waals surface area contributed by atoms with Crippen molar-refractivity contribution in [2.24, 2.45) is 0 Å². The van der Waals surface area contributed by atoms with E-state index in [1.54, 1.807) is 19.5 Å². The number of piperidine rings is 1. The summed E-state index contributed by atoms with van der Waals surface area (Å²) in [6.07, 6.45) is 5.71. The Bertz CT molecular complexity index is 422. The van der Waals surface area contributed by atoms with Gasteiger partial charge in [-0.2, -0.15) is 0 Å². The van der Waals surface area contributed by atoms with Gasteiger partial charge < -0.3 is 19.7 Å². The van der Waals surface area contributed by atoms with Gasteiger partial charge in [0, 0.05) is 26.0 Å². The van der Waals surface area contributed by atoms with Gasteiger partial charge in [0.25, 0.3) is 0 Å². The zero-order valence-electron chi connectivity index (χ0n) is 11.9. The molecule has 20 heavy (non-hydrogen) atoms. The number of methoxy groups -OCH3 is 1. The van der Waals surface area contributed by atoms with E-state index in [-0.39, 0.29) is 11.7 Å². The van der Waals surface area contributed by atoms with E-state index < -0.39 is 0 Å². The first-order chi connectivity index (χ1) is 9.81. The van der Waals surface area contributed by atoms with Crippen molar-refractivity contribution < 1.29 is 9.47 Å². The predicted octanol–water partition coefficient (Wildman–Crippen LogP) is 0.450. The fourth-order valence-electron chi connectivity index (χ4n) is 3.12. The topological polar surface area (TPSA) is 59.5 Å². The van der Waals surface area contributed by atoms with Gasteiger partial charge in [-0.15, -0.1) is 0 Å². The van der Waals surface area contributed by atoms with Crippen molar-refractivity contribution in [3.05, 3.63) is 18.5 Å². The number of rotatable bonds is 3. The Kier molecular flexibility index (Phi) is 4.14. The Hall–Kier alpha value is -1.24. The van der Waals surface area contributed by atoms with Crippen LogP contribution in [-0.2, 0) is 9.47 Å². The van der Waals surface area contributed by atoms with Crippen molar-refractivity contribution in [2.45, 2.75) is 24.5 Å². The van der Waals surface area contributed by atoms with Crippen LogP contribution in [0.25, 0.3) is 0 Å². The minimum absolute atomic E-state index is 0.0793. The van der Waals surface area contributed by atoms with Gasteiger partial charge in [-0.05, 0) is 32.0 Å². The molecule has 0 saturated carbocycles. The Morgan fingerprint density at radius 3 is 2.85 bits per heavy atom. The third kappa shape index (κ3) is 2.92. The second kappa shape index (κ2) is 6.03. The number of morpholine rings is 1. The Morgan fingerprint density at radius 2 is 2.15 bits per heavy atom. The van der Waals surface area contributed by atoms with E-state index in [2.05, 4.69) is 20.2 Å². The van der Waals surface area contributed by atoms with Gasteiger partial charge in [0.1, 0.15) is 0 Å². The summed E-state index contributed by atoms with van der Waals surface area (Å²) in [5.41, 5.74) is -0.0914. The summed E-state index contributed by atoms with van der Waals surface area (Å²) in [7, 11) is 1.72. The quantitative estimate of drug-likeness (QED) is 0.866. The minimum atomic E-state index is -0.0914. The second-order valence-corrected chi connectivity index (χ2v) is 5.56. The highest BCUT2D eigenvalue weighted by atomic mass is 16.5. The zero-order valence-corrected chi connectivity index (χ0v) is 11.9. The fraction of sp³-hybridized carbons (Fsp3) is 0.714. The Labute approximate surface area is 119 Å². The molecule has 2 aliphatic heterocycles. The van der Waals surface area contributed by atoms with Crippen molar-refractivity contribution in [1.82, 2.24) is 15.3 Å². The molecule has 3 rings (SSSR count). The maximum atomic E-state index is 6.34. The first-order valence-electron chi connectivity index (χ1n) is 7.21. The predicted molar refractivity (Wildman–Crippen MR) is 75.8 cm³/mol. The first kappa shape index (κ1) is 13.7. The lowest BCUT2D eigenvalue weighted by atomic mass is 9.89. The van der Waals surface area contributed by atoms with Crippen LogP contribution < -0.4 is 10.2 Å². The molecule has 1 aromatic rings. The molecular weight excluding hydrogens is 256 g/mol. The van der Waals surface area contributed by atoms with Crippen molar-refractivity contribution in [3.63, 3.8) is 0 Å². The molecule has 1 spiro atoms. The molecule has 2 aliphatic rings. The van der Waals surface area contributed by atoms with E-state index in [1.165, 1.54) is 0 Å². The van der Waals surface area contributed by atoms with Gasteiger partial charge in [-0.1, -0.05) is 0 Å². The molecule has 3 heterocycles. The monoisotopic (exact) mass is 278 g/mol. The highest BCUT2D eigenvalue weighted by Gasteiger charge is 2.42. The second-order valence-electron chi connectivity index (χ2n) is 5.56. The molecule has 1 atom stereocenters. The lowest BCUT2D eigenvalue weighted by Gasteiger charge is -2.48. The van der Waals surface area contributed by atoms with E-state index in [9.17, 15) is 0 Å². The van der Waals surface area contributed by atoms with Gasteiger partial charge in [0.15, 0.2) is 0 Å². The SMILES string of the molecule is COCC1CN(c2ncccn2)CC2(CCNCC2)O1. The summed E-state index contributed by atoms with van der Waals surface area (Å²) >= 11 is 0. The van der Waals surface area contributed by atoms with Crippen LogP contribution in [0.4, 0.5) is 5.95 Å². The number of anilines is 1. The lowest BCUT2D eigenvalue weighted by Crippen LogP contribution is -2.60. The summed E-state index contributed by atoms with van der Waals surface area (Å²) < 4.78 is 11.6. The van der Waals surface area contributed by atoms with Crippen molar-refractivity contribution in [2.75, 3.05) is 44.8 Å². The summed E-state index contributed by atoms with van der Waals surface area (Å²) in [5.74, 6) is 0.787. The summed E-state index contributed by atoms with van der Waals surface area (Å²) in [6.45, 7) is 4.26. The number of nitrogens with one attached hydrogen (secondary N) is 1. The molecule has 0 radical (unpaired) electrons. The van der Waals surface area contributed by atoms with Gasteiger partial charge in [-0.3, -0.25) is 0 Å². The first-order valence-corrected chi connectivity index (χ1v) is 7.21. The van der Waals surface area contributed by atoms with E-state index in [1.807, 2.05) is 6.07 Å². The Morgan fingerprint density at radius 1 is 1.40 bits per heavy atom. The lowest BCUT2D eigenvalue weighted by molar-refractivity contribution is -0.137. The van der Waals surface area contributed by atoms with Crippen LogP contribution in [0.1, 0.15) is 12.8 Å². The third-order valence-corrected chi connectivity index (χ3v) is 4.02. The average Bonchev–Trinajstić information content (AvgIpc) is 2.49. The normalized spacial score (nSPS) is 25.9. The van der Waals surface area contributed by atoms with Crippen LogP contribution >= 0.6 is 0 Å². The number of nitrogens with zero attached hydrogens (tertiary/aromatic N) is 3.